The first-order valence-corrected chi connectivity index (χ1v) is 13.3. The number of benzene rings is 2. The van der Waals surface area contributed by atoms with Crippen LogP contribution in [0.25, 0.3) is 27.8 Å². The molecule has 0 saturated heterocycles. The van der Waals surface area contributed by atoms with E-state index in [1.54, 1.807) is 18.5 Å². The molecule has 1 N–H and O–H groups in total. The molecule has 9 heteroatoms. The maximum Gasteiger partial charge on any atom is 0.268 e. The van der Waals surface area contributed by atoms with Gasteiger partial charge in [-0.3, -0.25) is 14.6 Å². The molecule has 0 aliphatic heterocycles. The van der Waals surface area contributed by atoms with Crippen LogP contribution < -0.4 is 10.3 Å². The Hall–Kier alpha value is -5.18. The lowest BCUT2D eigenvalue weighted by molar-refractivity contribution is -0.117. The van der Waals surface area contributed by atoms with Gasteiger partial charge in [0.2, 0.25) is 0 Å². The van der Waals surface area contributed by atoms with Crippen molar-refractivity contribution in [1.29, 1.82) is 0 Å². The highest BCUT2D eigenvalue weighted by Crippen LogP contribution is 2.33. The Kier molecular flexibility index (Phi) is 6.62. The largest absolute Gasteiger partial charge is 0.454 e. The van der Waals surface area contributed by atoms with E-state index < -0.39 is 0 Å². The van der Waals surface area contributed by atoms with Gasteiger partial charge in [0.25, 0.3) is 5.56 Å². The second-order valence-corrected chi connectivity index (χ2v) is 10.9. The standard InChI is InChI=1S/C32H28N6O3/c1-32(2,3)27-18-22(38(37-27)21-8-5-4-6-9-21)17-23(39)16-20-11-12-25(24-10-7-14-33-29(20)24)41-26-13-15-34-31-30(26)35-19-28(40)36-31/h4-15,18-19H,16-17H2,1-3H3,(H,34,36,40). The zero-order chi connectivity index (χ0) is 28.6. The number of hydrogen-bond donors (Lipinski definition) is 1. The average Bonchev–Trinajstić information content (AvgIpc) is 3.39. The smallest absolute Gasteiger partial charge is 0.268 e. The molecule has 9 nitrogen and oxygen atoms in total. The Morgan fingerprint density at radius 1 is 0.878 bits per heavy atom. The summed E-state index contributed by atoms with van der Waals surface area (Å²) in [6, 6.07) is 21.0. The summed E-state index contributed by atoms with van der Waals surface area (Å²) in [4.78, 5) is 40.8. The number of Topliss-reactive ketones (excluding diaryl/α,β-unsaturated/α-hetero) is 1. The lowest BCUT2D eigenvalue weighted by Crippen LogP contribution is -2.13. The van der Waals surface area contributed by atoms with E-state index in [9.17, 15) is 9.59 Å². The van der Waals surface area contributed by atoms with Crippen molar-refractivity contribution < 1.29 is 9.53 Å². The van der Waals surface area contributed by atoms with Crippen LogP contribution in [0.1, 0.15) is 37.7 Å². The number of ketones is 1. The van der Waals surface area contributed by atoms with Crippen LogP contribution >= 0.6 is 0 Å². The van der Waals surface area contributed by atoms with Crippen LogP contribution in [-0.2, 0) is 23.1 Å². The topological polar surface area (TPSA) is 116 Å². The maximum absolute atomic E-state index is 13.5. The van der Waals surface area contributed by atoms with Crippen LogP contribution in [0.2, 0.25) is 0 Å². The third-order valence-corrected chi connectivity index (χ3v) is 6.79. The molecule has 0 fully saturated rings. The molecule has 0 bridgehead atoms. The lowest BCUT2D eigenvalue weighted by atomic mass is 9.92. The Morgan fingerprint density at radius 3 is 2.51 bits per heavy atom. The van der Waals surface area contributed by atoms with Gasteiger partial charge in [-0.05, 0) is 42.0 Å². The second-order valence-electron chi connectivity index (χ2n) is 10.9. The molecular weight excluding hydrogens is 516 g/mol. The third kappa shape index (κ3) is 5.34. The van der Waals surface area contributed by atoms with Crippen molar-refractivity contribution in [2.75, 3.05) is 0 Å². The van der Waals surface area contributed by atoms with E-state index in [0.29, 0.717) is 28.2 Å². The summed E-state index contributed by atoms with van der Waals surface area (Å²) in [6.45, 7) is 6.34. The van der Waals surface area contributed by atoms with Crippen LogP contribution in [-0.4, -0.2) is 35.5 Å². The molecule has 204 valence electrons. The molecule has 0 aliphatic rings. The van der Waals surface area contributed by atoms with E-state index in [-0.39, 0.29) is 29.6 Å². The van der Waals surface area contributed by atoms with Gasteiger partial charge < -0.3 is 9.72 Å². The van der Waals surface area contributed by atoms with Crippen LogP contribution in [0, 0.1) is 0 Å². The van der Waals surface area contributed by atoms with Gasteiger partial charge in [-0.15, -0.1) is 0 Å². The Balaban J connectivity index is 1.30. The van der Waals surface area contributed by atoms with Crippen LogP contribution in [0.5, 0.6) is 11.5 Å². The minimum absolute atomic E-state index is 0.0523. The van der Waals surface area contributed by atoms with Crippen molar-refractivity contribution in [2.45, 2.75) is 39.0 Å². The minimum atomic E-state index is -0.340. The minimum Gasteiger partial charge on any atom is -0.454 e. The van der Waals surface area contributed by atoms with Gasteiger partial charge in [-0.25, -0.2) is 14.6 Å². The number of ether oxygens (including phenoxy) is 1. The number of carbonyl (C=O) groups is 1. The molecule has 0 aliphatic carbocycles. The number of aromatic amines is 1. The number of rotatable bonds is 7. The summed E-state index contributed by atoms with van der Waals surface area (Å²) in [5.41, 5.74) is 4.47. The number of fused-ring (bicyclic) bond motifs is 2. The van der Waals surface area contributed by atoms with Crippen molar-refractivity contribution in [3.05, 3.63) is 113 Å². The number of aromatic nitrogens is 6. The van der Waals surface area contributed by atoms with Crippen LogP contribution in [0.15, 0.2) is 90.1 Å². The number of nitrogens with one attached hydrogen (secondary N) is 1. The highest BCUT2D eigenvalue weighted by Gasteiger charge is 2.22. The third-order valence-electron chi connectivity index (χ3n) is 6.79. The highest BCUT2D eigenvalue weighted by molar-refractivity contribution is 5.93. The molecule has 6 aromatic rings. The van der Waals surface area contributed by atoms with Crippen LogP contribution in [0.3, 0.4) is 0 Å². The summed E-state index contributed by atoms with van der Waals surface area (Å²) in [5.74, 6) is 1.06. The van der Waals surface area contributed by atoms with Crippen molar-refractivity contribution >= 4 is 27.9 Å². The SMILES string of the molecule is CC(C)(C)c1cc(CC(=O)Cc2ccc(Oc3ccnc4[nH]c(=O)cnc34)c3cccnc23)n(-c2ccccc2)n1. The molecule has 0 spiro atoms. The maximum atomic E-state index is 13.5. The molecule has 0 atom stereocenters. The molecule has 6 rings (SSSR count). The summed E-state index contributed by atoms with van der Waals surface area (Å²) in [7, 11) is 0. The molecule has 2 aromatic carbocycles. The van der Waals surface area contributed by atoms with Gasteiger partial charge in [0.15, 0.2) is 11.4 Å². The number of H-pyrrole nitrogens is 1. The van der Waals surface area contributed by atoms with E-state index in [4.69, 9.17) is 9.84 Å². The highest BCUT2D eigenvalue weighted by atomic mass is 16.5. The molecule has 0 amide bonds. The zero-order valence-corrected chi connectivity index (χ0v) is 23.0. The molecule has 4 aromatic heterocycles. The van der Waals surface area contributed by atoms with E-state index in [2.05, 4.69) is 40.7 Å². The number of nitrogens with zero attached hydrogens (tertiary/aromatic N) is 5. The fourth-order valence-corrected chi connectivity index (χ4v) is 4.74. The normalized spacial score (nSPS) is 11.7. The van der Waals surface area contributed by atoms with Gasteiger partial charge in [0.1, 0.15) is 17.0 Å². The first-order chi connectivity index (χ1) is 19.8. The van der Waals surface area contributed by atoms with Gasteiger partial charge in [0.05, 0.1) is 28.8 Å². The zero-order valence-electron chi connectivity index (χ0n) is 23.0. The monoisotopic (exact) mass is 544 g/mol. The fourth-order valence-electron chi connectivity index (χ4n) is 4.74. The first-order valence-electron chi connectivity index (χ1n) is 13.3. The predicted octanol–water partition coefficient (Wildman–Crippen LogP) is 5.50. The Bertz CT molecular complexity index is 1950. The number of carbonyl (C=O) groups excluding carboxylic acids is 1. The van der Waals surface area contributed by atoms with Crippen molar-refractivity contribution in [3.8, 4) is 17.2 Å². The van der Waals surface area contributed by atoms with Gasteiger partial charge in [-0.1, -0.05) is 45.0 Å². The number of para-hydroxylation sites is 1. The molecule has 0 radical (unpaired) electrons. The van der Waals surface area contributed by atoms with E-state index in [1.165, 1.54) is 6.20 Å². The van der Waals surface area contributed by atoms with Crippen LogP contribution in [0.4, 0.5) is 0 Å². The Labute approximate surface area is 235 Å². The Morgan fingerprint density at radius 2 is 1.71 bits per heavy atom. The quantitative estimate of drug-likeness (QED) is 0.282. The summed E-state index contributed by atoms with van der Waals surface area (Å²) in [5, 5.41) is 5.61. The molecular formula is C32H28N6O3. The van der Waals surface area contributed by atoms with Crippen molar-refractivity contribution in [1.82, 2.24) is 29.7 Å². The predicted molar refractivity (Wildman–Crippen MR) is 157 cm³/mol. The molecule has 41 heavy (non-hydrogen) atoms. The number of hydrogen-bond acceptors (Lipinski definition) is 7. The van der Waals surface area contributed by atoms with E-state index in [0.717, 1.165) is 28.0 Å². The summed E-state index contributed by atoms with van der Waals surface area (Å²) >= 11 is 0. The van der Waals surface area contributed by atoms with E-state index >= 15 is 0 Å². The molecule has 4 heterocycles. The second kappa shape index (κ2) is 10.4. The lowest BCUT2D eigenvalue weighted by Gasteiger charge is -2.14. The van der Waals surface area contributed by atoms with Crippen molar-refractivity contribution in [2.24, 2.45) is 0 Å². The summed E-state index contributed by atoms with van der Waals surface area (Å²) in [6.07, 6.45) is 4.89. The molecule has 0 saturated carbocycles. The van der Waals surface area contributed by atoms with Gasteiger partial charge in [0, 0.05) is 42.1 Å². The van der Waals surface area contributed by atoms with Gasteiger partial charge in [-0.2, -0.15) is 5.10 Å². The summed E-state index contributed by atoms with van der Waals surface area (Å²) < 4.78 is 8.11. The fraction of sp³-hybridized carbons (Fsp3) is 0.188. The van der Waals surface area contributed by atoms with Crippen molar-refractivity contribution in [3.63, 3.8) is 0 Å². The first kappa shape index (κ1) is 26.1. The van der Waals surface area contributed by atoms with Gasteiger partial charge >= 0.3 is 0 Å². The van der Waals surface area contributed by atoms with E-state index in [1.807, 2.05) is 65.3 Å². The number of pyridine rings is 2. The average molecular weight is 545 g/mol. The molecule has 0 unspecified atom stereocenters.